The van der Waals surface area contributed by atoms with Gasteiger partial charge in [-0.05, 0) is 59.5 Å². The number of hydrogen-bond donors (Lipinski definition) is 2. The second-order valence-electron chi connectivity index (χ2n) is 20.5. The Morgan fingerprint density at radius 1 is 0.984 bits per heavy atom. The van der Waals surface area contributed by atoms with Crippen molar-refractivity contribution in [3.8, 4) is 12.3 Å². The summed E-state index contributed by atoms with van der Waals surface area (Å²) in [6.45, 7) is 15.6. The molecule has 1 aromatic carbocycles. The molecule has 5 rings (SSSR count). The molecule has 2 saturated heterocycles. The second kappa shape index (κ2) is 21.1. The molecule has 14 heteroatoms. The fourth-order valence-corrected chi connectivity index (χ4v) is 9.66. The van der Waals surface area contributed by atoms with Gasteiger partial charge in [-0.1, -0.05) is 91.1 Å². The van der Waals surface area contributed by atoms with Gasteiger partial charge in [-0.15, -0.1) is 18.9 Å². The summed E-state index contributed by atoms with van der Waals surface area (Å²) in [5, 5.41) is 5.98. The number of piperidine rings is 1. The van der Waals surface area contributed by atoms with E-state index in [2.05, 4.69) is 23.1 Å². The molecule has 0 aromatic heterocycles. The van der Waals surface area contributed by atoms with Gasteiger partial charge in [-0.3, -0.25) is 33.7 Å². The number of benzene rings is 1. The highest BCUT2D eigenvalue weighted by Gasteiger charge is 2.50. The van der Waals surface area contributed by atoms with Crippen LogP contribution in [-0.2, 0) is 46.5 Å². The number of fused-ring (bicyclic) bond motifs is 1. The Labute approximate surface area is 379 Å². The standard InChI is InChI=1S/C50H69N5O9/c1-9-11-18-34(43(60)38(56)21-12-10-2)26-39(57)37-27-36(64-47(63)53-25-22-33-19-14-15-20-35(33)30-53)31-54(37)45(61)44(50(8)23-16-13-17-24-50)52-46(62)51-40(48(3,4)5)32-55-41(58)28-49(6,7)29-42(55)59/h1,10,14-15,19-20,34,36-37,40,44H,2,11-13,16-18,21-32H2,3-8H3,(H2,51,52,62)/t34?,36-,37+,40-,44-/m1/s1. The third-order valence-electron chi connectivity index (χ3n) is 13.7. The van der Waals surface area contributed by atoms with E-state index >= 15 is 4.79 Å². The number of imide groups is 1. The Hall–Kier alpha value is -5.32. The maximum Gasteiger partial charge on any atom is 0.410 e. The molecule has 1 unspecified atom stereocenters. The van der Waals surface area contributed by atoms with E-state index in [0.29, 0.717) is 38.8 Å². The van der Waals surface area contributed by atoms with Crippen molar-refractivity contribution < 1.29 is 43.1 Å². The van der Waals surface area contributed by atoms with Crippen LogP contribution in [0.5, 0.6) is 0 Å². The summed E-state index contributed by atoms with van der Waals surface area (Å²) >= 11 is 0. The molecule has 6 amide bonds. The molecule has 64 heavy (non-hydrogen) atoms. The Morgan fingerprint density at radius 3 is 2.27 bits per heavy atom. The average Bonchev–Trinajstić information content (AvgIpc) is 3.66. The minimum Gasteiger partial charge on any atom is -0.444 e. The van der Waals surface area contributed by atoms with Crippen molar-refractivity contribution >= 4 is 47.2 Å². The minimum atomic E-state index is -1.14. The predicted molar refractivity (Wildman–Crippen MR) is 241 cm³/mol. The van der Waals surface area contributed by atoms with Crippen molar-refractivity contribution in [3.05, 3.63) is 48.0 Å². The van der Waals surface area contributed by atoms with Crippen molar-refractivity contribution in [1.29, 1.82) is 0 Å². The van der Waals surface area contributed by atoms with Gasteiger partial charge in [0.1, 0.15) is 12.1 Å². The van der Waals surface area contributed by atoms with E-state index in [4.69, 9.17) is 11.2 Å². The number of carbonyl (C=O) groups is 8. The third kappa shape index (κ3) is 12.5. The Balaban J connectivity index is 1.43. The van der Waals surface area contributed by atoms with Crippen LogP contribution in [0.15, 0.2) is 36.9 Å². The van der Waals surface area contributed by atoms with Gasteiger partial charge in [0.25, 0.3) is 0 Å². The number of ketones is 3. The molecule has 1 aliphatic carbocycles. The van der Waals surface area contributed by atoms with Crippen molar-refractivity contribution in [2.45, 2.75) is 162 Å². The van der Waals surface area contributed by atoms with Crippen LogP contribution in [0.4, 0.5) is 9.59 Å². The first kappa shape index (κ1) is 49.7. The molecule has 348 valence electrons. The van der Waals surface area contributed by atoms with Gasteiger partial charge >= 0.3 is 12.1 Å². The molecule has 0 spiro atoms. The zero-order valence-electron chi connectivity index (χ0n) is 38.8. The number of Topliss-reactive ketones (excluding diaryl/α,β-unsaturated/α-hetero) is 3. The molecule has 1 saturated carbocycles. The summed E-state index contributed by atoms with van der Waals surface area (Å²) in [6.07, 6.45) is 10.5. The first-order valence-electron chi connectivity index (χ1n) is 23.0. The lowest BCUT2D eigenvalue weighted by Gasteiger charge is -2.43. The largest absolute Gasteiger partial charge is 0.444 e. The molecule has 14 nitrogen and oxygen atoms in total. The molecule has 0 bridgehead atoms. The van der Waals surface area contributed by atoms with Gasteiger partial charge in [-0.25, -0.2) is 9.59 Å². The van der Waals surface area contributed by atoms with Crippen molar-refractivity contribution in [2.75, 3.05) is 19.6 Å². The number of carbonyl (C=O) groups excluding carboxylic acids is 8. The van der Waals surface area contributed by atoms with E-state index in [0.717, 1.165) is 30.4 Å². The Morgan fingerprint density at radius 2 is 1.64 bits per heavy atom. The fourth-order valence-electron chi connectivity index (χ4n) is 9.66. The monoisotopic (exact) mass is 884 g/mol. The van der Waals surface area contributed by atoms with Crippen LogP contribution in [0, 0.1) is 34.5 Å². The van der Waals surface area contributed by atoms with Crippen molar-refractivity contribution in [2.24, 2.45) is 22.2 Å². The van der Waals surface area contributed by atoms with Crippen molar-refractivity contribution in [3.63, 3.8) is 0 Å². The van der Waals surface area contributed by atoms with Crippen LogP contribution in [-0.4, -0.2) is 106 Å². The Kier molecular flexibility index (Phi) is 16.4. The van der Waals surface area contributed by atoms with E-state index in [1.54, 1.807) is 4.90 Å². The van der Waals surface area contributed by atoms with Gasteiger partial charge < -0.3 is 25.2 Å². The zero-order chi connectivity index (χ0) is 47.0. The lowest BCUT2D eigenvalue weighted by molar-refractivity contribution is -0.153. The van der Waals surface area contributed by atoms with Crippen LogP contribution in [0.2, 0.25) is 0 Å². The summed E-state index contributed by atoms with van der Waals surface area (Å²) in [5.74, 6) is -1.48. The lowest BCUT2D eigenvalue weighted by atomic mass is 9.70. The SMILES string of the molecule is C#CCCC(CC(=O)[C@@H]1C[C@@H](OC(=O)N2CCc3ccccc3C2)CN1C(=O)[C@@H](NC(=O)N[C@H](CN1C(=O)CC(C)(C)CC1=O)C(C)(C)C)C1(C)CCCCC1)C(=O)C(=O)CCC=C. The summed E-state index contributed by atoms with van der Waals surface area (Å²) in [5.41, 5.74) is 0.340. The average molecular weight is 884 g/mol. The maximum absolute atomic E-state index is 15.3. The van der Waals surface area contributed by atoms with E-state index in [1.807, 2.05) is 65.8 Å². The molecule has 0 radical (unpaired) electrons. The second-order valence-corrected chi connectivity index (χ2v) is 20.5. The molecular formula is C50H69N5O9. The number of nitrogens with zero attached hydrogens (tertiary/aromatic N) is 3. The van der Waals surface area contributed by atoms with Gasteiger partial charge in [-0.2, -0.15) is 0 Å². The highest BCUT2D eigenvalue weighted by molar-refractivity contribution is 6.38. The van der Waals surface area contributed by atoms with Crippen LogP contribution < -0.4 is 10.6 Å². The van der Waals surface area contributed by atoms with Gasteiger partial charge in [0, 0.05) is 64.1 Å². The molecule has 5 atom stereocenters. The number of urea groups is 1. The summed E-state index contributed by atoms with van der Waals surface area (Å²) < 4.78 is 6.07. The maximum atomic E-state index is 15.3. The first-order valence-corrected chi connectivity index (χ1v) is 23.0. The van der Waals surface area contributed by atoms with Crippen LogP contribution in [0.25, 0.3) is 0 Å². The zero-order valence-corrected chi connectivity index (χ0v) is 38.8. The number of ether oxygens (including phenoxy) is 1. The minimum absolute atomic E-state index is 0.0440. The van der Waals surface area contributed by atoms with Gasteiger partial charge in [0.15, 0.2) is 11.6 Å². The quantitative estimate of drug-likeness (QED) is 0.0768. The number of amides is 6. The molecular weight excluding hydrogens is 815 g/mol. The smallest absolute Gasteiger partial charge is 0.410 e. The molecule has 3 fully saturated rings. The molecule has 3 aliphatic heterocycles. The highest BCUT2D eigenvalue weighted by Crippen LogP contribution is 2.41. The molecule has 1 aromatic rings. The third-order valence-corrected chi connectivity index (χ3v) is 13.7. The number of allylic oxidation sites excluding steroid dienone is 1. The summed E-state index contributed by atoms with van der Waals surface area (Å²) in [4.78, 5) is 115. The summed E-state index contributed by atoms with van der Waals surface area (Å²) in [6, 6.07) is 4.24. The molecule has 3 heterocycles. The Bertz CT molecular complexity index is 1990. The van der Waals surface area contributed by atoms with Crippen molar-refractivity contribution in [1.82, 2.24) is 25.3 Å². The van der Waals surface area contributed by atoms with E-state index in [1.165, 1.54) is 15.9 Å². The number of rotatable bonds is 17. The van der Waals surface area contributed by atoms with Gasteiger partial charge in [0.2, 0.25) is 23.5 Å². The highest BCUT2D eigenvalue weighted by atomic mass is 16.6. The summed E-state index contributed by atoms with van der Waals surface area (Å²) in [7, 11) is 0. The fraction of sp³-hybridized carbons (Fsp3) is 0.640. The lowest BCUT2D eigenvalue weighted by Crippen LogP contribution is -2.63. The topological polar surface area (TPSA) is 180 Å². The van der Waals surface area contributed by atoms with Crippen LogP contribution in [0.1, 0.15) is 136 Å². The van der Waals surface area contributed by atoms with Crippen LogP contribution in [0.3, 0.4) is 0 Å². The predicted octanol–water partition coefficient (Wildman–Crippen LogP) is 6.47. The normalized spacial score (nSPS) is 22.0. The molecule has 2 N–H and O–H groups in total. The van der Waals surface area contributed by atoms with Gasteiger partial charge in [0.05, 0.1) is 18.6 Å². The first-order chi connectivity index (χ1) is 30.2. The number of terminal acetylenes is 1. The number of hydrogen-bond acceptors (Lipinski definition) is 9. The van der Waals surface area contributed by atoms with E-state index in [-0.39, 0.29) is 69.8 Å². The van der Waals surface area contributed by atoms with Crippen LogP contribution >= 0.6 is 0 Å². The van der Waals surface area contributed by atoms with E-state index in [9.17, 15) is 33.6 Å². The van der Waals surface area contributed by atoms with E-state index < -0.39 is 81.8 Å². The molecule has 4 aliphatic rings. The number of likely N-dealkylation sites (tertiary alicyclic amines) is 2. The number of nitrogens with one attached hydrogen (secondary N) is 2.